The third-order valence-corrected chi connectivity index (χ3v) is 11.0. The largest absolute Gasteiger partial charge is 0.444 e. The second kappa shape index (κ2) is 8.79. The Bertz CT molecular complexity index is 832. The van der Waals surface area contributed by atoms with Gasteiger partial charge in [-0.05, 0) is 49.5 Å². The minimum Gasteiger partial charge on any atom is -0.444 e. The Labute approximate surface area is 188 Å². The first-order valence-corrected chi connectivity index (χ1v) is 13.1. The van der Waals surface area contributed by atoms with Gasteiger partial charge >= 0.3 is 6.09 Å². The fraction of sp³-hybridized carbons (Fsp3) is 0.500. The van der Waals surface area contributed by atoms with Gasteiger partial charge in [0.25, 0.3) is 8.32 Å². The number of ether oxygens (including phenoxy) is 1. The zero-order chi connectivity index (χ0) is 22.9. The minimum atomic E-state index is -2.63. The van der Waals surface area contributed by atoms with E-state index in [2.05, 4.69) is 88.4 Å². The number of amides is 1. The first-order chi connectivity index (χ1) is 14.4. The lowest BCUT2D eigenvalue weighted by Gasteiger charge is -2.44. The van der Waals surface area contributed by atoms with Crippen LogP contribution < -0.4 is 10.4 Å². The van der Waals surface area contributed by atoms with Crippen LogP contribution in [0.2, 0.25) is 5.04 Å². The van der Waals surface area contributed by atoms with Crippen molar-refractivity contribution in [1.82, 2.24) is 4.90 Å². The van der Waals surface area contributed by atoms with E-state index >= 15 is 0 Å². The molecule has 3 rings (SSSR count). The zero-order valence-electron chi connectivity index (χ0n) is 20.0. The molecule has 1 heterocycles. The van der Waals surface area contributed by atoms with Gasteiger partial charge in [0.2, 0.25) is 0 Å². The molecule has 0 bridgehead atoms. The Hall–Kier alpha value is -2.11. The maximum Gasteiger partial charge on any atom is 0.410 e. The molecule has 0 aromatic heterocycles. The molecule has 2 aromatic carbocycles. The number of benzene rings is 2. The van der Waals surface area contributed by atoms with Crippen LogP contribution in [0, 0.1) is 0 Å². The highest BCUT2D eigenvalue weighted by Gasteiger charge is 2.52. The molecule has 0 saturated carbocycles. The van der Waals surface area contributed by atoms with E-state index < -0.39 is 13.9 Å². The van der Waals surface area contributed by atoms with Crippen molar-refractivity contribution in [2.24, 2.45) is 0 Å². The number of hydrogen-bond acceptors (Lipinski definition) is 3. The van der Waals surface area contributed by atoms with Gasteiger partial charge in [-0.3, -0.25) is 0 Å². The highest BCUT2D eigenvalue weighted by atomic mass is 28.4. The molecule has 1 aliphatic heterocycles. The Morgan fingerprint density at radius 2 is 1.39 bits per heavy atom. The molecule has 1 amide bonds. The van der Waals surface area contributed by atoms with Gasteiger partial charge in [-0.2, -0.15) is 0 Å². The summed E-state index contributed by atoms with van der Waals surface area (Å²) >= 11 is 0. The van der Waals surface area contributed by atoms with E-state index in [9.17, 15) is 4.79 Å². The molecule has 2 aromatic rings. The standard InChI is InChI=1S/C26H37NO3Si/c1-20-18-21(19-27(20)24(28)29-25(2,3)4)30-31(26(5,6)7,22-14-10-8-11-15-22)23-16-12-9-13-17-23/h8-17,20-21H,18-19H2,1-7H3/t20-,21-/m0/s1. The van der Waals surface area contributed by atoms with E-state index in [0.717, 1.165) is 6.42 Å². The molecule has 0 aliphatic carbocycles. The summed E-state index contributed by atoms with van der Waals surface area (Å²) < 4.78 is 12.9. The van der Waals surface area contributed by atoms with Crippen molar-refractivity contribution in [2.45, 2.75) is 77.7 Å². The van der Waals surface area contributed by atoms with Crippen LogP contribution in [0.25, 0.3) is 0 Å². The third-order valence-electron chi connectivity index (χ3n) is 5.92. The summed E-state index contributed by atoms with van der Waals surface area (Å²) in [6.45, 7) is 15.2. The van der Waals surface area contributed by atoms with Gasteiger partial charge in [-0.1, -0.05) is 81.4 Å². The first kappa shape index (κ1) is 23.5. The molecule has 5 heteroatoms. The van der Waals surface area contributed by atoms with Crippen LogP contribution in [0.3, 0.4) is 0 Å². The molecule has 31 heavy (non-hydrogen) atoms. The Balaban J connectivity index is 1.98. The van der Waals surface area contributed by atoms with Crippen molar-refractivity contribution >= 4 is 24.8 Å². The number of hydrogen-bond donors (Lipinski definition) is 0. The predicted octanol–water partition coefficient (Wildman–Crippen LogP) is 4.96. The molecule has 168 valence electrons. The van der Waals surface area contributed by atoms with Crippen molar-refractivity contribution in [1.29, 1.82) is 0 Å². The van der Waals surface area contributed by atoms with E-state index in [4.69, 9.17) is 9.16 Å². The van der Waals surface area contributed by atoms with E-state index in [-0.39, 0.29) is 23.3 Å². The fourth-order valence-corrected chi connectivity index (χ4v) is 9.27. The normalized spacial score (nSPS) is 20.0. The molecule has 1 fully saturated rings. The van der Waals surface area contributed by atoms with Crippen LogP contribution in [-0.4, -0.2) is 43.6 Å². The molecule has 1 saturated heterocycles. The highest BCUT2D eigenvalue weighted by molar-refractivity contribution is 6.99. The van der Waals surface area contributed by atoms with Crippen LogP contribution in [0.15, 0.2) is 60.7 Å². The average Bonchev–Trinajstić information content (AvgIpc) is 3.05. The summed E-state index contributed by atoms with van der Waals surface area (Å²) in [7, 11) is -2.63. The molecule has 0 spiro atoms. The molecular formula is C26H37NO3Si. The zero-order valence-corrected chi connectivity index (χ0v) is 21.0. The summed E-state index contributed by atoms with van der Waals surface area (Å²) in [5.74, 6) is 0. The van der Waals surface area contributed by atoms with Gasteiger partial charge in [-0.15, -0.1) is 0 Å². The summed E-state index contributed by atoms with van der Waals surface area (Å²) in [4.78, 5) is 14.6. The molecule has 0 N–H and O–H groups in total. The average molecular weight is 440 g/mol. The summed E-state index contributed by atoms with van der Waals surface area (Å²) in [6, 6.07) is 21.4. The molecule has 1 aliphatic rings. The summed E-state index contributed by atoms with van der Waals surface area (Å²) in [6.07, 6.45) is 0.520. The highest BCUT2D eigenvalue weighted by Crippen LogP contribution is 2.39. The lowest BCUT2D eigenvalue weighted by molar-refractivity contribution is 0.0223. The lowest BCUT2D eigenvalue weighted by Crippen LogP contribution is -2.67. The van der Waals surface area contributed by atoms with Gasteiger partial charge in [0.15, 0.2) is 0 Å². The number of carbonyl (C=O) groups is 1. The number of carbonyl (C=O) groups excluding carboxylic acids is 1. The Kier molecular flexibility index (Phi) is 6.68. The van der Waals surface area contributed by atoms with Crippen molar-refractivity contribution < 1.29 is 14.0 Å². The number of rotatable bonds is 4. The van der Waals surface area contributed by atoms with Gasteiger partial charge < -0.3 is 14.1 Å². The van der Waals surface area contributed by atoms with Crippen molar-refractivity contribution in [3.63, 3.8) is 0 Å². The quantitative estimate of drug-likeness (QED) is 0.632. The van der Waals surface area contributed by atoms with Gasteiger partial charge in [-0.25, -0.2) is 4.79 Å². The van der Waals surface area contributed by atoms with E-state index in [1.165, 1.54) is 10.4 Å². The van der Waals surface area contributed by atoms with Crippen LogP contribution in [0.5, 0.6) is 0 Å². The van der Waals surface area contributed by atoms with Crippen LogP contribution >= 0.6 is 0 Å². The van der Waals surface area contributed by atoms with Crippen LogP contribution in [0.4, 0.5) is 4.79 Å². The van der Waals surface area contributed by atoms with Crippen molar-refractivity contribution in [2.75, 3.05) is 6.54 Å². The maximum absolute atomic E-state index is 12.8. The molecule has 0 unspecified atom stereocenters. The minimum absolute atomic E-state index is 0.0335. The fourth-order valence-electron chi connectivity index (χ4n) is 4.58. The summed E-state index contributed by atoms with van der Waals surface area (Å²) in [5.41, 5.74) is -0.506. The molecule has 4 nitrogen and oxygen atoms in total. The number of nitrogens with zero attached hydrogens (tertiary/aromatic N) is 1. The topological polar surface area (TPSA) is 38.8 Å². The monoisotopic (exact) mass is 439 g/mol. The summed E-state index contributed by atoms with van der Waals surface area (Å²) in [5, 5.41) is 2.44. The van der Waals surface area contributed by atoms with E-state index in [1.54, 1.807) is 0 Å². The van der Waals surface area contributed by atoms with E-state index in [0.29, 0.717) is 6.54 Å². The van der Waals surface area contributed by atoms with Crippen molar-refractivity contribution in [3.05, 3.63) is 60.7 Å². The van der Waals surface area contributed by atoms with Crippen LogP contribution in [0.1, 0.15) is 54.9 Å². The second-order valence-electron chi connectivity index (χ2n) is 10.6. The Morgan fingerprint density at radius 3 is 1.81 bits per heavy atom. The van der Waals surface area contributed by atoms with Gasteiger partial charge in [0.05, 0.1) is 6.10 Å². The van der Waals surface area contributed by atoms with Gasteiger partial charge in [0, 0.05) is 12.6 Å². The smallest absolute Gasteiger partial charge is 0.410 e. The predicted molar refractivity (Wildman–Crippen MR) is 130 cm³/mol. The third kappa shape index (κ3) is 5.04. The van der Waals surface area contributed by atoms with E-state index in [1.807, 2.05) is 25.7 Å². The lowest BCUT2D eigenvalue weighted by atomic mass is 10.2. The molecular weight excluding hydrogens is 402 g/mol. The maximum atomic E-state index is 12.8. The molecule has 2 atom stereocenters. The number of likely N-dealkylation sites (tertiary alicyclic amines) is 1. The van der Waals surface area contributed by atoms with Crippen molar-refractivity contribution in [3.8, 4) is 0 Å². The SMILES string of the molecule is C[C@H]1C[C@H](O[Si](c2ccccc2)(c2ccccc2)C(C)(C)C)CN1C(=O)OC(C)(C)C. The second-order valence-corrected chi connectivity index (χ2v) is 14.9. The molecule has 0 radical (unpaired) electrons. The van der Waals surface area contributed by atoms with Crippen LogP contribution in [-0.2, 0) is 9.16 Å². The first-order valence-electron chi connectivity index (χ1n) is 11.2. The van der Waals surface area contributed by atoms with Gasteiger partial charge in [0.1, 0.15) is 5.60 Å². The Morgan fingerprint density at radius 1 is 0.903 bits per heavy atom.